The molecule has 0 aromatic heterocycles. The monoisotopic (exact) mass is 397 g/mol. The normalized spacial score (nSPS) is 13.2. The van der Waals surface area contributed by atoms with Gasteiger partial charge >= 0.3 is 5.97 Å². The fourth-order valence-corrected chi connectivity index (χ4v) is 2.57. The SMILES string of the molecule is C[C@@H](OC(=O)c1cc(F)c(F)cc1Cl)C(=O)NCc1ccc2c(c1)OCO2. The van der Waals surface area contributed by atoms with E-state index in [-0.39, 0.29) is 23.9 Å². The number of hydrogen-bond donors (Lipinski definition) is 1. The highest BCUT2D eigenvalue weighted by Crippen LogP contribution is 2.32. The van der Waals surface area contributed by atoms with Gasteiger partial charge < -0.3 is 19.5 Å². The number of ether oxygens (including phenoxy) is 3. The highest BCUT2D eigenvalue weighted by molar-refractivity contribution is 6.33. The van der Waals surface area contributed by atoms with Crippen molar-refractivity contribution in [3.8, 4) is 11.5 Å². The summed E-state index contributed by atoms with van der Waals surface area (Å²) in [5, 5.41) is 2.29. The summed E-state index contributed by atoms with van der Waals surface area (Å²) in [6, 6.07) is 6.49. The first-order chi connectivity index (χ1) is 12.8. The number of rotatable bonds is 5. The lowest BCUT2D eigenvalue weighted by atomic mass is 10.2. The molecule has 3 rings (SSSR count). The number of esters is 1. The number of carbonyl (C=O) groups excluding carboxylic acids is 2. The maximum Gasteiger partial charge on any atom is 0.340 e. The highest BCUT2D eigenvalue weighted by Gasteiger charge is 2.22. The first-order valence-electron chi connectivity index (χ1n) is 7.87. The summed E-state index contributed by atoms with van der Waals surface area (Å²) in [6.07, 6.45) is -1.17. The third-order valence-electron chi connectivity index (χ3n) is 3.79. The molecule has 0 unspecified atom stereocenters. The van der Waals surface area contributed by atoms with E-state index in [0.29, 0.717) is 23.6 Å². The molecule has 0 spiro atoms. The fourth-order valence-electron chi connectivity index (χ4n) is 2.34. The summed E-state index contributed by atoms with van der Waals surface area (Å²) >= 11 is 5.72. The molecule has 1 aliphatic rings. The Morgan fingerprint density at radius 2 is 1.89 bits per heavy atom. The molecule has 0 fully saturated rings. The molecule has 0 bridgehead atoms. The Kier molecular flexibility index (Phi) is 5.46. The molecule has 2 aromatic rings. The van der Waals surface area contributed by atoms with Crippen LogP contribution in [0.3, 0.4) is 0 Å². The van der Waals surface area contributed by atoms with Crippen LogP contribution in [0.4, 0.5) is 8.78 Å². The van der Waals surface area contributed by atoms with Crippen LogP contribution in [0.2, 0.25) is 5.02 Å². The summed E-state index contributed by atoms with van der Waals surface area (Å²) in [5.41, 5.74) is 0.390. The van der Waals surface area contributed by atoms with Crippen LogP contribution in [0.15, 0.2) is 30.3 Å². The van der Waals surface area contributed by atoms with Gasteiger partial charge in [-0.3, -0.25) is 4.79 Å². The average Bonchev–Trinajstić information content (AvgIpc) is 3.10. The van der Waals surface area contributed by atoms with E-state index in [9.17, 15) is 18.4 Å². The fraction of sp³-hybridized carbons (Fsp3) is 0.222. The van der Waals surface area contributed by atoms with Crippen molar-refractivity contribution in [3.63, 3.8) is 0 Å². The smallest absolute Gasteiger partial charge is 0.340 e. The van der Waals surface area contributed by atoms with Gasteiger partial charge in [0.2, 0.25) is 6.79 Å². The van der Waals surface area contributed by atoms with Gasteiger partial charge in [0.05, 0.1) is 10.6 Å². The zero-order valence-corrected chi connectivity index (χ0v) is 14.8. The summed E-state index contributed by atoms with van der Waals surface area (Å²) in [6.45, 7) is 1.66. The van der Waals surface area contributed by atoms with E-state index < -0.39 is 29.6 Å². The van der Waals surface area contributed by atoms with Gasteiger partial charge in [-0.25, -0.2) is 13.6 Å². The Labute approximate surface area is 158 Å². The van der Waals surface area contributed by atoms with E-state index >= 15 is 0 Å². The van der Waals surface area contributed by atoms with Gasteiger partial charge in [0.1, 0.15) is 0 Å². The minimum absolute atomic E-state index is 0.144. The van der Waals surface area contributed by atoms with E-state index in [1.165, 1.54) is 6.92 Å². The van der Waals surface area contributed by atoms with E-state index in [4.69, 9.17) is 25.8 Å². The molecule has 1 N–H and O–H groups in total. The molecular weight excluding hydrogens is 384 g/mol. The molecule has 2 aromatic carbocycles. The van der Waals surface area contributed by atoms with E-state index in [1.54, 1.807) is 18.2 Å². The van der Waals surface area contributed by atoms with Gasteiger partial charge in [0.15, 0.2) is 29.2 Å². The Bertz CT molecular complexity index is 906. The molecule has 0 radical (unpaired) electrons. The van der Waals surface area contributed by atoms with Crippen LogP contribution in [0, 0.1) is 11.6 Å². The Balaban J connectivity index is 1.57. The predicted octanol–water partition coefficient (Wildman–Crippen LogP) is 3.21. The molecule has 0 saturated heterocycles. The molecule has 1 heterocycles. The molecular formula is C18H14ClF2NO5. The van der Waals surface area contributed by atoms with Gasteiger partial charge in [-0.2, -0.15) is 0 Å². The largest absolute Gasteiger partial charge is 0.454 e. The predicted molar refractivity (Wildman–Crippen MR) is 90.7 cm³/mol. The maximum absolute atomic E-state index is 13.3. The van der Waals surface area contributed by atoms with Crippen LogP contribution >= 0.6 is 11.6 Å². The van der Waals surface area contributed by atoms with Crippen molar-refractivity contribution in [2.24, 2.45) is 0 Å². The van der Waals surface area contributed by atoms with Crippen molar-refractivity contribution in [2.45, 2.75) is 19.6 Å². The minimum atomic E-state index is -1.24. The van der Waals surface area contributed by atoms with Crippen LogP contribution in [-0.2, 0) is 16.1 Å². The maximum atomic E-state index is 13.3. The molecule has 0 saturated carbocycles. The lowest BCUT2D eigenvalue weighted by molar-refractivity contribution is -0.129. The number of carbonyl (C=O) groups is 2. The first-order valence-corrected chi connectivity index (χ1v) is 8.24. The molecule has 9 heteroatoms. The second-order valence-corrected chi connectivity index (χ2v) is 6.11. The lowest BCUT2D eigenvalue weighted by Crippen LogP contribution is -2.35. The summed E-state index contributed by atoms with van der Waals surface area (Å²) in [7, 11) is 0. The van der Waals surface area contributed by atoms with Crippen LogP contribution in [-0.4, -0.2) is 24.8 Å². The van der Waals surface area contributed by atoms with Gasteiger partial charge in [-0.15, -0.1) is 0 Å². The molecule has 6 nitrogen and oxygen atoms in total. The van der Waals surface area contributed by atoms with Gasteiger partial charge in [0, 0.05) is 6.54 Å². The van der Waals surface area contributed by atoms with Crippen molar-refractivity contribution in [1.82, 2.24) is 5.32 Å². The molecule has 1 atom stereocenters. The Morgan fingerprint density at radius 1 is 1.19 bits per heavy atom. The highest BCUT2D eigenvalue weighted by atomic mass is 35.5. The minimum Gasteiger partial charge on any atom is -0.454 e. The second kappa shape index (κ2) is 7.79. The van der Waals surface area contributed by atoms with Crippen LogP contribution in [0.1, 0.15) is 22.8 Å². The van der Waals surface area contributed by atoms with Crippen LogP contribution in [0.25, 0.3) is 0 Å². The van der Waals surface area contributed by atoms with Crippen molar-refractivity contribution in [2.75, 3.05) is 6.79 Å². The molecule has 1 aliphatic heterocycles. The van der Waals surface area contributed by atoms with Crippen molar-refractivity contribution in [1.29, 1.82) is 0 Å². The number of fused-ring (bicyclic) bond motifs is 1. The van der Waals surface area contributed by atoms with Gasteiger partial charge in [-0.1, -0.05) is 17.7 Å². The molecule has 27 heavy (non-hydrogen) atoms. The quantitative estimate of drug-likeness (QED) is 0.619. The number of amides is 1. The zero-order chi connectivity index (χ0) is 19.6. The Morgan fingerprint density at radius 3 is 2.67 bits per heavy atom. The standard InChI is InChI=1S/C18H14ClF2NO5/c1-9(27-18(24)11-5-13(20)14(21)6-12(11)19)17(23)22-7-10-2-3-15-16(4-10)26-8-25-15/h2-6,9H,7-8H2,1H3,(H,22,23)/t9-/m1/s1. The Hall–Kier alpha value is -2.87. The summed E-state index contributed by atoms with van der Waals surface area (Å²) in [4.78, 5) is 24.2. The average molecular weight is 398 g/mol. The van der Waals surface area contributed by atoms with E-state index in [1.807, 2.05) is 0 Å². The summed E-state index contributed by atoms with van der Waals surface area (Å²) in [5.74, 6) is -2.84. The molecule has 142 valence electrons. The van der Waals surface area contributed by atoms with Crippen molar-refractivity contribution < 1.29 is 32.6 Å². The van der Waals surface area contributed by atoms with Crippen LogP contribution < -0.4 is 14.8 Å². The first kappa shape index (κ1) is 18.9. The van der Waals surface area contributed by atoms with E-state index in [0.717, 1.165) is 5.56 Å². The molecule has 0 aliphatic carbocycles. The topological polar surface area (TPSA) is 73.9 Å². The molecule has 1 amide bonds. The zero-order valence-electron chi connectivity index (χ0n) is 14.1. The van der Waals surface area contributed by atoms with E-state index in [2.05, 4.69) is 5.32 Å². The van der Waals surface area contributed by atoms with Gasteiger partial charge in [-0.05, 0) is 36.8 Å². The summed E-state index contributed by atoms with van der Waals surface area (Å²) < 4.78 is 41.8. The van der Waals surface area contributed by atoms with Crippen molar-refractivity contribution >= 4 is 23.5 Å². The third kappa shape index (κ3) is 4.28. The number of nitrogens with one attached hydrogen (secondary N) is 1. The van der Waals surface area contributed by atoms with Crippen molar-refractivity contribution in [3.05, 3.63) is 58.1 Å². The number of benzene rings is 2. The number of hydrogen-bond acceptors (Lipinski definition) is 5. The lowest BCUT2D eigenvalue weighted by Gasteiger charge is -2.14. The number of halogens is 3. The third-order valence-corrected chi connectivity index (χ3v) is 4.10. The van der Waals surface area contributed by atoms with Gasteiger partial charge in [0.25, 0.3) is 5.91 Å². The second-order valence-electron chi connectivity index (χ2n) is 5.70. The van der Waals surface area contributed by atoms with Crippen LogP contribution in [0.5, 0.6) is 11.5 Å².